The fourth-order valence-corrected chi connectivity index (χ4v) is 2.03. The van der Waals surface area contributed by atoms with Crippen molar-refractivity contribution in [3.63, 3.8) is 0 Å². The van der Waals surface area contributed by atoms with E-state index in [0.717, 1.165) is 5.56 Å². The van der Waals surface area contributed by atoms with Crippen molar-refractivity contribution in [1.29, 1.82) is 0 Å². The van der Waals surface area contributed by atoms with Gasteiger partial charge in [0.1, 0.15) is 0 Å². The molecule has 0 spiro atoms. The predicted octanol–water partition coefficient (Wildman–Crippen LogP) is 7.34. The fourth-order valence-electron chi connectivity index (χ4n) is 2.03. The fraction of sp³-hybridized carbons (Fsp3) is 0.333. The van der Waals surface area contributed by atoms with Gasteiger partial charge in [0, 0.05) is 301 Å². The standard InChI is InChI=1S/C9H11.C8H10N.C7H9N2.3CH3.9Y/c1-8(2)9-6-4-3-5-7-9;1-7(2)8-4-3-5-9-6-8;1-6(2)7-3-8-5-9-4-7;;;;;;;;;;;;/h4-8H,1-2H3;3-4,6-7H,1-2H3;3-4,6H,1-2H3;3*1H3;;;;;;;;;/q6*-1;;;;;;;;;. The van der Waals surface area contributed by atoms with Gasteiger partial charge in [-0.05, 0) is 17.8 Å². The molecule has 2 heterocycles. The molecule has 195 valence electrons. The molecule has 3 aromatic rings. The molecular formula is C27H39N3Y9-6. The summed E-state index contributed by atoms with van der Waals surface area (Å²) in [4.78, 5) is 11.4. The molecule has 0 bridgehead atoms. The summed E-state index contributed by atoms with van der Waals surface area (Å²) in [6.07, 6.45) is 10.7. The Morgan fingerprint density at radius 3 is 1.03 bits per heavy atom. The van der Waals surface area contributed by atoms with E-state index < -0.39 is 0 Å². The van der Waals surface area contributed by atoms with Gasteiger partial charge in [0.15, 0.2) is 0 Å². The molecule has 9 radical (unpaired) electrons. The number of aromatic nitrogens is 3. The maximum absolute atomic E-state index is 3.88. The Morgan fingerprint density at radius 1 is 0.462 bits per heavy atom. The van der Waals surface area contributed by atoms with Gasteiger partial charge >= 0.3 is 0 Å². The topological polar surface area (TPSA) is 38.7 Å². The molecule has 2 aromatic heterocycles. The van der Waals surface area contributed by atoms with Crippen molar-refractivity contribution in [2.24, 2.45) is 0 Å². The molecule has 0 atom stereocenters. The molecule has 3 nitrogen and oxygen atoms in total. The number of pyridine rings is 1. The van der Waals surface area contributed by atoms with E-state index in [0.29, 0.717) is 17.8 Å². The second kappa shape index (κ2) is 54.8. The first-order valence-electron chi connectivity index (χ1n) is 9.37. The molecule has 12 heteroatoms. The molecule has 0 unspecified atom stereocenters. The minimum absolute atomic E-state index is 0. The molecule has 0 aliphatic heterocycles. The largest absolute Gasteiger partial charge is 0.394 e. The van der Waals surface area contributed by atoms with E-state index in [1.54, 1.807) is 12.4 Å². The summed E-state index contributed by atoms with van der Waals surface area (Å²) in [5.74, 6) is 1.73. The van der Waals surface area contributed by atoms with E-state index in [2.05, 4.69) is 87.2 Å². The van der Waals surface area contributed by atoms with Crippen LogP contribution in [0.25, 0.3) is 0 Å². The zero-order valence-electron chi connectivity index (χ0n) is 25.5. The maximum Gasteiger partial charge on any atom is 0.0213 e. The zero-order chi connectivity index (χ0) is 20.1. The Hall–Kier alpha value is 7.39. The molecular weight excluding hydrogens is 1170 g/mol. The third kappa shape index (κ3) is 45.4. The van der Waals surface area contributed by atoms with E-state index in [9.17, 15) is 0 Å². The van der Waals surface area contributed by atoms with Crippen LogP contribution < -0.4 is 0 Å². The van der Waals surface area contributed by atoms with Crippen molar-refractivity contribution >= 4 is 0 Å². The summed E-state index contributed by atoms with van der Waals surface area (Å²) < 4.78 is 0. The van der Waals surface area contributed by atoms with Crippen LogP contribution in [-0.2, 0) is 294 Å². The van der Waals surface area contributed by atoms with Crippen LogP contribution in [0, 0.1) is 40.9 Å². The van der Waals surface area contributed by atoms with Crippen molar-refractivity contribution in [1.82, 2.24) is 15.0 Å². The molecule has 0 fully saturated rings. The van der Waals surface area contributed by atoms with Crippen LogP contribution in [0.3, 0.4) is 0 Å². The van der Waals surface area contributed by atoms with E-state index in [-0.39, 0.29) is 317 Å². The predicted molar refractivity (Wildman–Crippen MR) is 131 cm³/mol. The minimum Gasteiger partial charge on any atom is -0.394 e. The van der Waals surface area contributed by atoms with Gasteiger partial charge in [-0.25, -0.2) is 0 Å². The minimum atomic E-state index is 0. The quantitative estimate of drug-likeness (QED) is 0.258. The van der Waals surface area contributed by atoms with Crippen molar-refractivity contribution in [3.05, 3.63) is 113 Å². The monoisotopic (exact) mass is 1210 g/mol. The van der Waals surface area contributed by atoms with Crippen molar-refractivity contribution in [2.75, 3.05) is 0 Å². The van der Waals surface area contributed by atoms with Crippen LogP contribution >= 0.6 is 0 Å². The maximum atomic E-state index is 3.88. The summed E-state index contributed by atoms with van der Waals surface area (Å²) in [6, 6.07) is 15.0. The Bertz CT molecular complexity index is 636. The van der Waals surface area contributed by atoms with Crippen LogP contribution in [0.4, 0.5) is 0 Å². The van der Waals surface area contributed by atoms with E-state index in [1.807, 2.05) is 30.5 Å². The van der Waals surface area contributed by atoms with Crippen molar-refractivity contribution in [2.45, 2.75) is 59.3 Å². The van der Waals surface area contributed by atoms with Crippen LogP contribution in [0.5, 0.6) is 0 Å². The van der Waals surface area contributed by atoms with E-state index >= 15 is 0 Å². The smallest absolute Gasteiger partial charge is 0.0213 e. The van der Waals surface area contributed by atoms with Gasteiger partial charge in [-0.15, -0.1) is 11.1 Å². The van der Waals surface area contributed by atoms with Crippen molar-refractivity contribution in [3.8, 4) is 0 Å². The van der Waals surface area contributed by atoms with Crippen LogP contribution in [0.1, 0.15) is 76.0 Å². The first kappa shape index (κ1) is 80.8. The van der Waals surface area contributed by atoms with Crippen LogP contribution in [0.2, 0.25) is 0 Å². The summed E-state index contributed by atoms with van der Waals surface area (Å²) in [7, 11) is 0. The Balaban J connectivity index is -0.0000000243. The Kier molecular flexibility index (Phi) is 114. The average Bonchev–Trinajstić information content (AvgIpc) is 2.71. The molecule has 0 N–H and O–H groups in total. The summed E-state index contributed by atoms with van der Waals surface area (Å²) >= 11 is 0. The van der Waals surface area contributed by atoms with E-state index in [4.69, 9.17) is 0 Å². The summed E-state index contributed by atoms with van der Waals surface area (Å²) in [5, 5.41) is 0. The second-order valence-electron chi connectivity index (χ2n) is 7.13. The number of nitrogens with zero attached hydrogens (tertiary/aromatic N) is 3. The number of hydrogen-bond acceptors (Lipinski definition) is 3. The molecule has 3 rings (SSSR count). The summed E-state index contributed by atoms with van der Waals surface area (Å²) in [5.41, 5.74) is 3.82. The first-order valence-corrected chi connectivity index (χ1v) is 9.37. The zero-order valence-corrected chi connectivity index (χ0v) is 51.0. The van der Waals surface area contributed by atoms with Gasteiger partial charge in [0.05, 0.1) is 0 Å². The average molecular weight is 1210 g/mol. The Labute approximate surface area is 469 Å². The van der Waals surface area contributed by atoms with Crippen LogP contribution in [0.15, 0.2) is 55.0 Å². The molecule has 0 saturated heterocycles. The SMILES string of the molecule is CC(C)c1cc[c-]cc1.CC(C)c1cc[c-]nc1.CC(C)c1cn[c-]nc1.[CH3-].[CH3-].[CH3-].[Y].[Y].[Y].[Y].[Y].[Y].[Y].[Y].[Y]. The van der Waals surface area contributed by atoms with Gasteiger partial charge in [-0.3, -0.25) is 0 Å². The molecule has 0 aliphatic rings. The second-order valence-corrected chi connectivity index (χ2v) is 7.13. The number of benzene rings is 1. The molecule has 0 amide bonds. The van der Waals surface area contributed by atoms with Crippen LogP contribution in [-0.4, -0.2) is 15.0 Å². The van der Waals surface area contributed by atoms with Gasteiger partial charge in [-0.2, -0.15) is 48.0 Å². The third-order valence-corrected chi connectivity index (χ3v) is 3.93. The third-order valence-electron chi connectivity index (χ3n) is 3.93. The number of hydrogen-bond donors (Lipinski definition) is 0. The number of rotatable bonds is 3. The van der Waals surface area contributed by atoms with Crippen molar-refractivity contribution < 1.29 is 294 Å². The molecule has 0 saturated carbocycles. The van der Waals surface area contributed by atoms with Gasteiger partial charge in [-0.1, -0.05) is 66.3 Å². The Morgan fingerprint density at radius 2 is 0.795 bits per heavy atom. The van der Waals surface area contributed by atoms with Gasteiger partial charge in [0.25, 0.3) is 0 Å². The molecule has 39 heavy (non-hydrogen) atoms. The van der Waals surface area contributed by atoms with E-state index in [1.165, 1.54) is 11.1 Å². The summed E-state index contributed by atoms with van der Waals surface area (Å²) in [6.45, 7) is 12.9. The first-order chi connectivity index (χ1) is 12.9. The van der Waals surface area contributed by atoms with Gasteiger partial charge in [0.2, 0.25) is 0 Å². The normalized spacial score (nSPS) is 7.00. The molecule has 1 aromatic carbocycles. The van der Waals surface area contributed by atoms with Gasteiger partial charge < -0.3 is 37.2 Å². The molecule has 0 aliphatic carbocycles.